The number of nitrogens with two attached hydrogens (primary N) is 1. The number of rotatable bonds is 5. The van der Waals surface area contributed by atoms with E-state index in [4.69, 9.17) is 11.1 Å². The molecule has 1 amide bonds. The molecule has 0 saturated heterocycles. The van der Waals surface area contributed by atoms with Crippen LogP contribution in [0.5, 0.6) is 0 Å². The lowest BCUT2D eigenvalue weighted by molar-refractivity contribution is 0.0837. The van der Waals surface area contributed by atoms with Gasteiger partial charge in [0, 0.05) is 17.4 Å². The zero-order valence-electron chi connectivity index (χ0n) is 12.8. The predicted octanol–water partition coefficient (Wildman–Crippen LogP) is 1.88. The van der Waals surface area contributed by atoms with E-state index in [2.05, 4.69) is 4.98 Å². The Hall–Kier alpha value is -2.05. The first-order valence-electron chi connectivity index (χ1n) is 6.87. The van der Waals surface area contributed by atoms with Crippen molar-refractivity contribution in [3.05, 3.63) is 36.0 Å². The quantitative estimate of drug-likeness (QED) is 0.579. The maximum absolute atomic E-state index is 12.5. The van der Waals surface area contributed by atoms with Gasteiger partial charge in [-0.1, -0.05) is 18.2 Å². The van der Waals surface area contributed by atoms with Gasteiger partial charge < -0.3 is 15.6 Å². The van der Waals surface area contributed by atoms with E-state index in [0.717, 1.165) is 23.9 Å². The van der Waals surface area contributed by atoms with Crippen molar-refractivity contribution in [3.8, 4) is 0 Å². The highest BCUT2D eigenvalue weighted by atomic mass is 35.5. The van der Waals surface area contributed by atoms with Crippen LogP contribution in [0.15, 0.2) is 30.3 Å². The molecule has 2 aromatic rings. The maximum atomic E-state index is 12.5. The molecular weight excluding hydrogens is 302 g/mol. The average molecular weight is 324 g/mol. The summed E-state index contributed by atoms with van der Waals surface area (Å²) in [5.74, 6) is -0.491. The molecule has 1 aromatic heterocycles. The summed E-state index contributed by atoms with van der Waals surface area (Å²) in [5.41, 5.74) is 6.90. The number of aromatic amines is 1. The number of carbonyl (C=O) groups is 1. The minimum atomic E-state index is -0.266. The Bertz CT molecular complexity index is 619. The molecular formula is C15H22ClN5O. The predicted molar refractivity (Wildman–Crippen MR) is 91.7 cm³/mol. The van der Waals surface area contributed by atoms with Gasteiger partial charge in [0.25, 0.3) is 5.91 Å². The molecule has 7 heteroatoms. The second-order valence-electron chi connectivity index (χ2n) is 5.27. The van der Waals surface area contributed by atoms with Gasteiger partial charge in [0.05, 0.1) is 0 Å². The van der Waals surface area contributed by atoms with Gasteiger partial charge in [0.2, 0.25) is 0 Å². The van der Waals surface area contributed by atoms with Crippen LogP contribution in [-0.2, 0) is 0 Å². The number of benzene rings is 1. The van der Waals surface area contributed by atoms with Gasteiger partial charge in [-0.2, -0.15) is 0 Å². The first-order chi connectivity index (χ1) is 9.99. The van der Waals surface area contributed by atoms with Crippen molar-refractivity contribution >= 4 is 35.2 Å². The van der Waals surface area contributed by atoms with E-state index in [-0.39, 0.29) is 24.3 Å². The van der Waals surface area contributed by atoms with E-state index in [9.17, 15) is 4.79 Å². The van der Waals surface area contributed by atoms with Crippen molar-refractivity contribution in [2.45, 2.75) is 6.42 Å². The normalized spacial score (nSPS) is 10.5. The van der Waals surface area contributed by atoms with Crippen molar-refractivity contribution in [1.29, 1.82) is 5.41 Å². The summed E-state index contributed by atoms with van der Waals surface area (Å²) in [6, 6.07) is 9.47. The number of para-hydroxylation sites is 1. The molecule has 1 heterocycles. The second-order valence-corrected chi connectivity index (χ2v) is 5.27. The summed E-state index contributed by atoms with van der Waals surface area (Å²) in [4.78, 5) is 18.9. The maximum Gasteiger partial charge on any atom is 0.276 e. The Morgan fingerprint density at radius 2 is 1.95 bits per heavy atom. The molecule has 0 fully saturated rings. The number of halogens is 1. The molecule has 0 aliphatic rings. The van der Waals surface area contributed by atoms with Gasteiger partial charge in [-0.15, -0.1) is 12.4 Å². The van der Waals surface area contributed by atoms with Crippen molar-refractivity contribution in [3.63, 3.8) is 0 Å². The van der Waals surface area contributed by atoms with E-state index in [1.807, 2.05) is 43.3 Å². The molecule has 0 atom stereocenters. The van der Waals surface area contributed by atoms with Crippen molar-refractivity contribution < 1.29 is 4.79 Å². The minimum absolute atomic E-state index is 0. The lowest BCUT2D eigenvalue weighted by Crippen LogP contribution is -2.42. The van der Waals surface area contributed by atoms with E-state index >= 15 is 0 Å². The number of hydrogen-bond acceptors (Lipinski definition) is 3. The molecule has 0 bridgehead atoms. The first kappa shape index (κ1) is 18.0. The van der Waals surface area contributed by atoms with Crippen LogP contribution in [0, 0.1) is 5.41 Å². The van der Waals surface area contributed by atoms with Gasteiger partial charge >= 0.3 is 0 Å². The highest BCUT2D eigenvalue weighted by molar-refractivity contribution is 6.05. The van der Waals surface area contributed by atoms with Crippen molar-refractivity contribution in [2.24, 2.45) is 5.73 Å². The van der Waals surface area contributed by atoms with E-state index in [0.29, 0.717) is 12.2 Å². The molecule has 0 aliphatic heterocycles. The third kappa shape index (κ3) is 4.22. The molecule has 22 heavy (non-hydrogen) atoms. The molecule has 6 nitrogen and oxygen atoms in total. The Morgan fingerprint density at radius 1 is 1.27 bits per heavy atom. The third-order valence-electron chi connectivity index (χ3n) is 3.28. The molecule has 0 unspecified atom stereocenters. The summed E-state index contributed by atoms with van der Waals surface area (Å²) >= 11 is 0. The number of fused-ring (bicyclic) bond motifs is 1. The van der Waals surface area contributed by atoms with Crippen molar-refractivity contribution in [1.82, 2.24) is 14.8 Å². The highest BCUT2D eigenvalue weighted by Crippen LogP contribution is 2.16. The van der Waals surface area contributed by atoms with Crippen LogP contribution in [0.3, 0.4) is 0 Å². The van der Waals surface area contributed by atoms with Gasteiger partial charge in [-0.05, 0) is 39.2 Å². The number of carbonyl (C=O) groups excluding carboxylic acids is 1. The number of hydrogen-bond donors (Lipinski definition) is 3. The molecule has 0 radical (unpaired) electrons. The lowest BCUT2D eigenvalue weighted by atomic mass is 10.2. The van der Waals surface area contributed by atoms with Crippen LogP contribution in [0.1, 0.15) is 16.9 Å². The zero-order valence-corrected chi connectivity index (χ0v) is 13.6. The number of nitrogens with one attached hydrogen (secondary N) is 2. The number of H-pyrrole nitrogens is 1. The van der Waals surface area contributed by atoms with E-state index in [1.165, 1.54) is 4.90 Å². The topological polar surface area (TPSA) is 89.2 Å². The van der Waals surface area contributed by atoms with Gasteiger partial charge in [0.1, 0.15) is 5.69 Å². The van der Waals surface area contributed by atoms with E-state index in [1.54, 1.807) is 6.07 Å². The highest BCUT2D eigenvalue weighted by Gasteiger charge is 2.19. The number of amides is 1. The number of aromatic nitrogens is 1. The molecule has 1 aromatic carbocycles. The molecule has 0 aliphatic carbocycles. The fourth-order valence-electron chi connectivity index (χ4n) is 2.21. The molecule has 120 valence electrons. The molecule has 4 N–H and O–H groups in total. The SMILES string of the molecule is CN(C)CCCN(C(=N)N)C(=O)c1cc2ccccc2[nH]1.Cl. The Kier molecular flexibility index (Phi) is 6.39. The number of guanidine groups is 1. The van der Waals surface area contributed by atoms with Crippen LogP contribution in [0.2, 0.25) is 0 Å². The Labute approximate surface area is 136 Å². The van der Waals surface area contributed by atoms with Crippen LogP contribution in [0.25, 0.3) is 10.9 Å². The van der Waals surface area contributed by atoms with Gasteiger partial charge in [0.15, 0.2) is 5.96 Å². The van der Waals surface area contributed by atoms with Crippen LogP contribution >= 0.6 is 12.4 Å². The zero-order chi connectivity index (χ0) is 15.4. The Morgan fingerprint density at radius 3 is 2.55 bits per heavy atom. The van der Waals surface area contributed by atoms with Crippen LogP contribution in [-0.4, -0.2) is 53.8 Å². The average Bonchev–Trinajstić information content (AvgIpc) is 2.86. The fourth-order valence-corrected chi connectivity index (χ4v) is 2.21. The second kappa shape index (κ2) is 7.82. The molecule has 0 saturated carbocycles. The first-order valence-corrected chi connectivity index (χ1v) is 6.87. The largest absolute Gasteiger partial charge is 0.370 e. The lowest BCUT2D eigenvalue weighted by Gasteiger charge is -2.20. The summed E-state index contributed by atoms with van der Waals surface area (Å²) in [6.45, 7) is 1.27. The summed E-state index contributed by atoms with van der Waals surface area (Å²) in [5, 5.41) is 8.58. The minimum Gasteiger partial charge on any atom is -0.370 e. The fraction of sp³-hybridized carbons (Fsp3) is 0.333. The molecule has 0 spiro atoms. The van der Waals surface area contributed by atoms with Crippen LogP contribution in [0.4, 0.5) is 0 Å². The van der Waals surface area contributed by atoms with Crippen LogP contribution < -0.4 is 5.73 Å². The summed E-state index contributed by atoms with van der Waals surface area (Å²) in [7, 11) is 3.94. The summed E-state index contributed by atoms with van der Waals surface area (Å²) < 4.78 is 0. The monoisotopic (exact) mass is 323 g/mol. The van der Waals surface area contributed by atoms with Gasteiger partial charge in [-0.3, -0.25) is 15.1 Å². The summed E-state index contributed by atoms with van der Waals surface area (Å²) in [6.07, 6.45) is 0.762. The molecule has 2 rings (SSSR count). The Balaban J connectivity index is 0.00000242. The third-order valence-corrected chi connectivity index (χ3v) is 3.28. The standard InChI is InChI=1S/C15H21N5O.ClH/c1-19(2)8-5-9-20(15(16)17)14(21)13-10-11-6-3-4-7-12(11)18-13;/h3-4,6-7,10,18H,5,8-9H2,1-2H3,(H3,16,17);1H. The van der Waals surface area contributed by atoms with Crippen molar-refractivity contribution in [2.75, 3.05) is 27.2 Å². The van der Waals surface area contributed by atoms with Gasteiger partial charge in [-0.25, -0.2) is 0 Å². The number of nitrogens with zero attached hydrogens (tertiary/aromatic N) is 2. The smallest absolute Gasteiger partial charge is 0.276 e. The van der Waals surface area contributed by atoms with E-state index < -0.39 is 0 Å².